The van der Waals surface area contributed by atoms with Crippen LogP contribution in [0.3, 0.4) is 0 Å². The molecule has 0 aliphatic rings. The van der Waals surface area contributed by atoms with E-state index in [4.69, 9.17) is 9.53 Å². The number of ketones is 1. The fourth-order valence-corrected chi connectivity index (χ4v) is 2.79. The molecule has 0 aliphatic carbocycles. The first kappa shape index (κ1) is 17.3. The number of Topliss-reactive ketones (excluding diaryl/α,β-unsaturated/α-hetero) is 1. The molecule has 0 aromatic heterocycles. The van der Waals surface area contributed by atoms with Gasteiger partial charge in [-0.1, -0.05) is 20.8 Å². The summed E-state index contributed by atoms with van der Waals surface area (Å²) in [4.78, 5) is 21.8. The Hall–Kier alpha value is -0.683. The molecule has 106 valence electrons. The third-order valence-electron chi connectivity index (χ3n) is 3.46. The molecule has 18 heavy (non-hydrogen) atoms. The van der Waals surface area contributed by atoms with E-state index in [9.17, 15) is 9.59 Å². The van der Waals surface area contributed by atoms with Gasteiger partial charge in [-0.3, -0.25) is 9.59 Å². The van der Waals surface area contributed by atoms with Crippen molar-refractivity contribution in [3.05, 3.63) is 0 Å². The van der Waals surface area contributed by atoms with Gasteiger partial charge in [0.15, 0.2) is 8.32 Å². The lowest BCUT2D eigenvalue weighted by molar-refractivity contribution is -0.137. The van der Waals surface area contributed by atoms with Crippen LogP contribution in [0.25, 0.3) is 0 Å². The minimum Gasteiger partial charge on any atom is -0.481 e. The van der Waals surface area contributed by atoms with Gasteiger partial charge in [0.25, 0.3) is 0 Å². The molecule has 0 saturated carbocycles. The maximum absolute atomic E-state index is 11.2. The van der Waals surface area contributed by atoms with Crippen LogP contribution in [0.4, 0.5) is 0 Å². The Kier molecular flexibility index (Phi) is 6.23. The quantitative estimate of drug-likeness (QED) is 0.724. The van der Waals surface area contributed by atoms with E-state index in [0.717, 1.165) is 0 Å². The standard InChI is InChI=1S/C13H26O4Si/c1-10(14)9-11(7-8-12(15)16)17-18(5,6)13(2,3)4/h11H,7-9H2,1-6H3,(H,15,16). The number of aliphatic carboxylic acids is 1. The molecule has 1 atom stereocenters. The Morgan fingerprint density at radius 1 is 1.28 bits per heavy atom. The average molecular weight is 274 g/mol. The Balaban J connectivity index is 4.67. The first-order chi connectivity index (χ1) is 7.95. The third-order valence-corrected chi connectivity index (χ3v) is 8.00. The van der Waals surface area contributed by atoms with Crippen LogP contribution in [0.2, 0.25) is 18.1 Å². The van der Waals surface area contributed by atoms with Crippen molar-refractivity contribution in [3.8, 4) is 0 Å². The molecule has 0 spiro atoms. The molecule has 0 aromatic rings. The summed E-state index contributed by atoms with van der Waals surface area (Å²) in [6.45, 7) is 12.1. The summed E-state index contributed by atoms with van der Waals surface area (Å²) in [5, 5.41) is 8.79. The van der Waals surface area contributed by atoms with E-state index in [2.05, 4.69) is 33.9 Å². The van der Waals surface area contributed by atoms with Gasteiger partial charge in [0.2, 0.25) is 0 Å². The van der Waals surface area contributed by atoms with Crippen molar-refractivity contribution in [1.82, 2.24) is 0 Å². The lowest BCUT2D eigenvalue weighted by atomic mass is 10.1. The lowest BCUT2D eigenvalue weighted by Crippen LogP contribution is -2.44. The van der Waals surface area contributed by atoms with Gasteiger partial charge >= 0.3 is 5.97 Å². The van der Waals surface area contributed by atoms with E-state index in [0.29, 0.717) is 12.8 Å². The van der Waals surface area contributed by atoms with Crippen LogP contribution in [0.1, 0.15) is 47.0 Å². The van der Waals surface area contributed by atoms with Crippen molar-refractivity contribution in [1.29, 1.82) is 0 Å². The summed E-state index contributed by atoms with van der Waals surface area (Å²) >= 11 is 0. The largest absolute Gasteiger partial charge is 0.481 e. The van der Waals surface area contributed by atoms with E-state index in [-0.39, 0.29) is 23.3 Å². The predicted molar refractivity (Wildman–Crippen MR) is 74.2 cm³/mol. The minimum absolute atomic E-state index is 0.0455. The zero-order valence-corrected chi connectivity index (χ0v) is 13.4. The summed E-state index contributed by atoms with van der Waals surface area (Å²) in [6.07, 6.45) is 0.493. The van der Waals surface area contributed by atoms with Crippen molar-refractivity contribution in [2.24, 2.45) is 0 Å². The number of rotatable bonds is 7. The second-order valence-electron chi connectivity index (χ2n) is 6.34. The highest BCUT2D eigenvalue weighted by Crippen LogP contribution is 2.38. The van der Waals surface area contributed by atoms with Crippen LogP contribution in [-0.2, 0) is 14.0 Å². The van der Waals surface area contributed by atoms with Crippen LogP contribution >= 0.6 is 0 Å². The number of carboxylic acid groups (broad SMARTS) is 1. The van der Waals surface area contributed by atoms with Gasteiger partial charge in [-0.25, -0.2) is 0 Å². The van der Waals surface area contributed by atoms with Crippen molar-refractivity contribution < 1.29 is 19.1 Å². The summed E-state index contributed by atoms with van der Waals surface area (Å²) in [7, 11) is -1.95. The second kappa shape index (κ2) is 6.47. The topological polar surface area (TPSA) is 63.6 Å². The van der Waals surface area contributed by atoms with Crippen LogP contribution in [0, 0.1) is 0 Å². The number of hydrogen-bond acceptors (Lipinski definition) is 3. The maximum Gasteiger partial charge on any atom is 0.303 e. The monoisotopic (exact) mass is 274 g/mol. The Morgan fingerprint density at radius 3 is 2.11 bits per heavy atom. The molecule has 0 bridgehead atoms. The second-order valence-corrected chi connectivity index (χ2v) is 11.1. The van der Waals surface area contributed by atoms with Gasteiger partial charge in [0.05, 0.1) is 6.10 Å². The normalized spacial score (nSPS) is 14.3. The fraction of sp³-hybridized carbons (Fsp3) is 0.846. The zero-order valence-electron chi connectivity index (χ0n) is 12.4. The van der Waals surface area contributed by atoms with Crippen molar-refractivity contribution in [3.63, 3.8) is 0 Å². The molecule has 0 amide bonds. The molecule has 0 saturated heterocycles. The molecular weight excluding hydrogens is 248 g/mol. The van der Waals surface area contributed by atoms with Crippen LogP contribution in [0.15, 0.2) is 0 Å². The number of carbonyl (C=O) groups is 2. The highest BCUT2D eigenvalue weighted by Gasteiger charge is 2.39. The maximum atomic E-state index is 11.2. The third kappa shape index (κ3) is 6.30. The average Bonchev–Trinajstić information content (AvgIpc) is 2.10. The summed E-state index contributed by atoms with van der Waals surface area (Å²) in [6, 6.07) is 0. The fourth-order valence-electron chi connectivity index (χ4n) is 1.40. The van der Waals surface area contributed by atoms with E-state index < -0.39 is 14.3 Å². The van der Waals surface area contributed by atoms with E-state index in [1.165, 1.54) is 6.92 Å². The van der Waals surface area contributed by atoms with E-state index in [1.54, 1.807) is 0 Å². The summed E-state index contributed by atoms with van der Waals surface area (Å²) in [5.74, 6) is -0.800. The molecular formula is C13H26O4Si. The van der Waals surface area contributed by atoms with Gasteiger partial charge in [-0.05, 0) is 31.5 Å². The molecule has 5 heteroatoms. The zero-order chi connectivity index (χ0) is 14.6. The molecule has 0 fully saturated rings. The first-order valence-electron chi connectivity index (χ1n) is 6.35. The van der Waals surface area contributed by atoms with Gasteiger partial charge in [-0.15, -0.1) is 0 Å². The molecule has 0 aromatic carbocycles. The molecule has 1 unspecified atom stereocenters. The van der Waals surface area contributed by atoms with Crippen molar-refractivity contribution in [2.75, 3.05) is 0 Å². The van der Waals surface area contributed by atoms with E-state index >= 15 is 0 Å². The number of carbonyl (C=O) groups excluding carboxylic acids is 1. The van der Waals surface area contributed by atoms with Crippen molar-refractivity contribution in [2.45, 2.75) is 71.2 Å². The Bertz CT molecular complexity index is 305. The van der Waals surface area contributed by atoms with Gasteiger partial charge in [-0.2, -0.15) is 0 Å². The molecule has 0 radical (unpaired) electrons. The predicted octanol–water partition coefficient (Wildman–Crippen LogP) is 3.22. The highest BCUT2D eigenvalue weighted by molar-refractivity contribution is 6.74. The highest BCUT2D eigenvalue weighted by atomic mass is 28.4. The van der Waals surface area contributed by atoms with Gasteiger partial charge in [0, 0.05) is 12.8 Å². The van der Waals surface area contributed by atoms with Crippen LogP contribution < -0.4 is 0 Å². The number of hydrogen-bond donors (Lipinski definition) is 1. The Labute approximate surface area is 111 Å². The van der Waals surface area contributed by atoms with Gasteiger partial charge in [0.1, 0.15) is 5.78 Å². The van der Waals surface area contributed by atoms with Gasteiger partial charge < -0.3 is 9.53 Å². The Morgan fingerprint density at radius 2 is 1.78 bits per heavy atom. The lowest BCUT2D eigenvalue weighted by Gasteiger charge is -2.39. The van der Waals surface area contributed by atoms with Crippen molar-refractivity contribution >= 4 is 20.1 Å². The summed E-state index contributed by atoms with van der Waals surface area (Å²) in [5.41, 5.74) is 0. The number of carboxylic acids is 1. The molecule has 0 aliphatic heterocycles. The molecule has 4 nitrogen and oxygen atoms in total. The smallest absolute Gasteiger partial charge is 0.303 e. The van der Waals surface area contributed by atoms with Crippen LogP contribution in [-0.4, -0.2) is 31.3 Å². The minimum atomic E-state index is -1.95. The molecule has 0 heterocycles. The SMILES string of the molecule is CC(=O)CC(CCC(=O)O)O[Si](C)(C)C(C)(C)C. The van der Waals surface area contributed by atoms with E-state index in [1.807, 2.05) is 0 Å². The summed E-state index contributed by atoms with van der Waals surface area (Å²) < 4.78 is 6.12. The molecule has 0 rings (SSSR count). The molecule has 1 N–H and O–H groups in total. The first-order valence-corrected chi connectivity index (χ1v) is 9.25. The van der Waals surface area contributed by atoms with Crippen LogP contribution in [0.5, 0.6) is 0 Å².